The number of methoxy groups -OCH3 is 1. The van der Waals surface area contributed by atoms with Crippen molar-refractivity contribution in [2.45, 2.75) is 31.8 Å². The van der Waals surface area contributed by atoms with Crippen LogP contribution in [0.15, 0.2) is 47.5 Å². The zero-order valence-electron chi connectivity index (χ0n) is 18.5. The molecule has 7 nitrogen and oxygen atoms in total. The molecule has 0 amide bonds. The van der Waals surface area contributed by atoms with E-state index in [0.717, 1.165) is 16.8 Å². The number of nitrogens with zero attached hydrogens (tertiary/aromatic N) is 2. The SMILES string of the molecule is COc1ccc2c(c1)C(CC(=O)O)(c1ccc(C(=O)OC(C)CN(C)C)cc1)C(C)=N2. The van der Waals surface area contributed by atoms with Crippen LogP contribution in [0.5, 0.6) is 5.75 Å². The van der Waals surface area contributed by atoms with Gasteiger partial charge in [0.25, 0.3) is 0 Å². The van der Waals surface area contributed by atoms with E-state index >= 15 is 0 Å². The highest BCUT2D eigenvalue weighted by molar-refractivity contribution is 6.05. The zero-order chi connectivity index (χ0) is 22.8. The first-order valence-electron chi connectivity index (χ1n) is 10.1. The fourth-order valence-electron chi connectivity index (χ4n) is 4.16. The smallest absolute Gasteiger partial charge is 0.338 e. The Morgan fingerprint density at radius 1 is 1.16 bits per heavy atom. The second-order valence-corrected chi connectivity index (χ2v) is 8.11. The van der Waals surface area contributed by atoms with Gasteiger partial charge in [-0.1, -0.05) is 12.1 Å². The maximum Gasteiger partial charge on any atom is 0.338 e. The van der Waals surface area contributed by atoms with Crippen molar-refractivity contribution in [1.82, 2.24) is 4.90 Å². The number of rotatable bonds is 8. The minimum absolute atomic E-state index is 0.161. The molecule has 2 aromatic rings. The molecule has 0 radical (unpaired) electrons. The van der Waals surface area contributed by atoms with E-state index in [1.807, 2.05) is 45.0 Å². The summed E-state index contributed by atoms with van der Waals surface area (Å²) in [4.78, 5) is 30.9. The van der Waals surface area contributed by atoms with E-state index in [1.165, 1.54) is 0 Å². The number of carboxylic acids is 1. The number of fused-ring (bicyclic) bond motifs is 1. The lowest BCUT2D eigenvalue weighted by atomic mass is 9.70. The molecular weight excluding hydrogens is 396 g/mol. The van der Waals surface area contributed by atoms with Gasteiger partial charge in [-0.2, -0.15) is 0 Å². The normalized spacial score (nSPS) is 18.3. The Morgan fingerprint density at radius 2 is 1.84 bits per heavy atom. The van der Waals surface area contributed by atoms with Crippen molar-refractivity contribution in [3.05, 3.63) is 59.2 Å². The molecule has 1 N–H and O–H groups in total. The third kappa shape index (κ3) is 4.46. The van der Waals surface area contributed by atoms with Gasteiger partial charge < -0.3 is 19.5 Å². The van der Waals surface area contributed by atoms with Crippen LogP contribution in [0.1, 0.15) is 41.8 Å². The maximum absolute atomic E-state index is 12.5. The van der Waals surface area contributed by atoms with Gasteiger partial charge in [0.1, 0.15) is 11.9 Å². The maximum atomic E-state index is 12.5. The molecule has 1 aliphatic rings. The minimum atomic E-state index is -0.939. The third-order valence-electron chi connectivity index (χ3n) is 5.53. The highest BCUT2D eigenvalue weighted by Gasteiger charge is 2.45. The summed E-state index contributed by atoms with van der Waals surface area (Å²) >= 11 is 0. The number of carboxylic acid groups (broad SMARTS) is 1. The Labute approximate surface area is 182 Å². The van der Waals surface area contributed by atoms with Crippen LogP contribution >= 0.6 is 0 Å². The van der Waals surface area contributed by atoms with Crippen molar-refractivity contribution >= 4 is 23.3 Å². The van der Waals surface area contributed by atoms with Crippen LogP contribution in [0.3, 0.4) is 0 Å². The van der Waals surface area contributed by atoms with Gasteiger partial charge in [0.05, 0.1) is 30.2 Å². The highest BCUT2D eigenvalue weighted by atomic mass is 16.5. The average Bonchev–Trinajstić information content (AvgIpc) is 2.98. The van der Waals surface area contributed by atoms with Crippen molar-refractivity contribution in [1.29, 1.82) is 0 Å². The number of aliphatic carboxylic acids is 1. The molecule has 2 unspecified atom stereocenters. The van der Waals surface area contributed by atoms with Crippen LogP contribution in [-0.4, -0.2) is 61.5 Å². The Kier molecular flexibility index (Phi) is 6.45. The molecule has 0 aromatic heterocycles. The summed E-state index contributed by atoms with van der Waals surface area (Å²) in [7, 11) is 5.40. The Balaban J connectivity index is 1.98. The van der Waals surface area contributed by atoms with Crippen molar-refractivity contribution in [3.8, 4) is 5.75 Å². The van der Waals surface area contributed by atoms with Crippen molar-refractivity contribution in [2.75, 3.05) is 27.7 Å². The number of carbonyl (C=O) groups is 2. The molecule has 7 heteroatoms. The fraction of sp³-hybridized carbons (Fsp3) is 0.375. The van der Waals surface area contributed by atoms with E-state index in [-0.39, 0.29) is 12.5 Å². The lowest BCUT2D eigenvalue weighted by Crippen LogP contribution is -2.35. The van der Waals surface area contributed by atoms with Crippen molar-refractivity contribution < 1.29 is 24.2 Å². The first kappa shape index (κ1) is 22.5. The fourth-order valence-corrected chi connectivity index (χ4v) is 4.16. The Bertz CT molecular complexity index is 1010. The summed E-state index contributed by atoms with van der Waals surface area (Å²) in [5.74, 6) is -0.716. The topological polar surface area (TPSA) is 88.4 Å². The van der Waals surface area contributed by atoms with Gasteiger partial charge in [-0.3, -0.25) is 9.79 Å². The summed E-state index contributed by atoms with van der Waals surface area (Å²) < 4.78 is 10.9. The molecule has 3 rings (SSSR count). The third-order valence-corrected chi connectivity index (χ3v) is 5.53. The summed E-state index contributed by atoms with van der Waals surface area (Å²) in [6.07, 6.45) is -0.407. The predicted octanol–water partition coefficient (Wildman–Crippen LogP) is 3.67. The van der Waals surface area contributed by atoms with E-state index in [9.17, 15) is 14.7 Å². The summed E-state index contributed by atoms with van der Waals surface area (Å²) in [5, 5.41) is 9.72. The van der Waals surface area contributed by atoms with Gasteiger partial charge in [0.2, 0.25) is 0 Å². The van der Waals surface area contributed by atoms with Crippen LogP contribution in [0.25, 0.3) is 0 Å². The minimum Gasteiger partial charge on any atom is -0.497 e. The van der Waals surface area contributed by atoms with Gasteiger partial charge in [0, 0.05) is 12.3 Å². The molecule has 1 heterocycles. The number of hydrogen-bond acceptors (Lipinski definition) is 6. The van der Waals surface area contributed by atoms with E-state index in [2.05, 4.69) is 4.99 Å². The van der Waals surface area contributed by atoms with Gasteiger partial charge in [-0.25, -0.2) is 4.79 Å². The average molecular weight is 424 g/mol. The van der Waals surface area contributed by atoms with Gasteiger partial charge >= 0.3 is 11.9 Å². The lowest BCUT2D eigenvalue weighted by Gasteiger charge is -2.30. The molecule has 2 atom stereocenters. The molecular formula is C24H28N2O5. The summed E-state index contributed by atoms with van der Waals surface area (Å²) in [5.41, 5.74) is 2.42. The van der Waals surface area contributed by atoms with Gasteiger partial charge in [-0.05, 0) is 69.4 Å². The van der Waals surface area contributed by atoms with Crippen molar-refractivity contribution in [3.63, 3.8) is 0 Å². The first-order valence-corrected chi connectivity index (χ1v) is 10.1. The molecule has 0 saturated carbocycles. The number of ether oxygens (including phenoxy) is 2. The monoisotopic (exact) mass is 424 g/mol. The Hall–Kier alpha value is -3.19. The first-order chi connectivity index (χ1) is 14.7. The number of esters is 1. The molecule has 0 fully saturated rings. The number of hydrogen-bond donors (Lipinski definition) is 1. The highest BCUT2D eigenvalue weighted by Crippen LogP contribution is 2.48. The van der Waals surface area contributed by atoms with E-state index in [1.54, 1.807) is 37.4 Å². The predicted molar refractivity (Wildman–Crippen MR) is 119 cm³/mol. The van der Waals surface area contributed by atoms with E-state index in [0.29, 0.717) is 23.6 Å². The molecule has 0 spiro atoms. The number of benzene rings is 2. The molecule has 2 aromatic carbocycles. The number of likely N-dealkylation sites (N-methyl/N-ethyl adjacent to an activating group) is 1. The molecule has 164 valence electrons. The zero-order valence-corrected chi connectivity index (χ0v) is 18.5. The standard InChI is InChI=1S/C24H28N2O5/c1-15(14-26(3)4)31-23(29)17-6-8-18(9-7-17)24(13-22(27)28)16(2)25-21-11-10-19(30-5)12-20(21)24/h6-12,15H,13-14H2,1-5H3,(H,27,28). The van der Waals surface area contributed by atoms with E-state index in [4.69, 9.17) is 9.47 Å². The molecule has 1 aliphatic heterocycles. The quantitative estimate of drug-likeness (QED) is 0.651. The molecule has 0 bridgehead atoms. The van der Waals surface area contributed by atoms with Crippen LogP contribution in [0.4, 0.5) is 5.69 Å². The van der Waals surface area contributed by atoms with Gasteiger partial charge in [0.15, 0.2) is 0 Å². The second-order valence-electron chi connectivity index (χ2n) is 8.11. The molecule has 0 aliphatic carbocycles. The lowest BCUT2D eigenvalue weighted by molar-refractivity contribution is -0.137. The van der Waals surface area contributed by atoms with Gasteiger partial charge in [-0.15, -0.1) is 0 Å². The Morgan fingerprint density at radius 3 is 2.42 bits per heavy atom. The largest absolute Gasteiger partial charge is 0.497 e. The van der Waals surface area contributed by atoms with Crippen LogP contribution < -0.4 is 4.74 Å². The van der Waals surface area contributed by atoms with Crippen LogP contribution in [0, 0.1) is 0 Å². The number of aliphatic imine (C=N–C) groups is 1. The van der Waals surface area contributed by atoms with E-state index < -0.39 is 17.4 Å². The summed E-state index contributed by atoms with van der Waals surface area (Å²) in [6, 6.07) is 12.4. The molecule has 31 heavy (non-hydrogen) atoms. The van der Waals surface area contributed by atoms with Crippen LogP contribution in [0.2, 0.25) is 0 Å². The van der Waals surface area contributed by atoms with Crippen molar-refractivity contribution in [2.24, 2.45) is 4.99 Å². The number of carbonyl (C=O) groups excluding carboxylic acids is 1. The summed E-state index contributed by atoms with van der Waals surface area (Å²) in [6.45, 7) is 4.30. The molecule has 0 saturated heterocycles. The van der Waals surface area contributed by atoms with Crippen LogP contribution in [-0.2, 0) is 14.9 Å². The second kappa shape index (κ2) is 8.89.